The normalized spacial score (nSPS) is 22.6. The zero-order chi connectivity index (χ0) is 20.7. The fraction of sp³-hybridized carbons (Fsp3) is 0.577. The Bertz CT molecular complexity index is 830. The van der Waals surface area contributed by atoms with Crippen molar-refractivity contribution in [1.82, 2.24) is 0 Å². The van der Waals surface area contributed by atoms with Crippen molar-refractivity contribution in [3.05, 3.63) is 52.1 Å². The fourth-order valence-corrected chi connectivity index (χ4v) is 5.36. The van der Waals surface area contributed by atoms with Gasteiger partial charge in [0.05, 0.1) is 0 Å². The van der Waals surface area contributed by atoms with E-state index in [2.05, 4.69) is 52.0 Å². The molecule has 0 aromatic heterocycles. The van der Waals surface area contributed by atoms with E-state index >= 15 is 0 Å². The van der Waals surface area contributed by atoms with E-state index in [0.29, 0.717) is 5.57 Å². The molecule has 1 aromatic carbocycles. The lowest BCUT2D eigenvalue weighted by Gasteiger charge is -2.42. The number of hydrogen-bond donors (Lipinski definition) is 1. The molecule has 2 aliphatic carbocycles. The number of hydrogen-bond acceptors (Lipinski definition) is 1. The first-order valence-electron chi connectivity index (χ1n) is 10.8. The quantitative estimate of drug-likeness (QED) is 0.450. The highest BCUT2D eigenvalue weighted by molar-refractivity contribution is 5.94. The van der Waals surface area contributed by atoms with Gasteiger partial charge in [-0.05, 0) is 84.1 Å². The van der Waals surface area contributed by atoms with Gasteiger partial charge in [-0.25, -0.2) is 4.79 Å². The van der Waals surface area contributed by atoms with Gasteiger partial charge in [-0.3, -0.25) is 0 Å². The molecule has 0 radical (unpaired) electrons. The Morgan fingerprint density at radius 3 is 2.14 bits per heavy atom. The van der Waals surface area contributed by atoms with Crippen molar-refractivity contribution < 1.29 is 9.90 Å². The minimum absolute atomic E-state index is 0.151. The Kier molecular flexibility index (Phi) is 5.62. The highest BCUT2D eigenvalue weighted by Gasteiger charge is 2.37. The first-order valence-corrected chi connectivity index (χ1v) is 10.8. The molecule has 0 aliphatic heterocycles. The third-order valence-electron chi connectivity index (χ3n) is 7.25. The van der Waals surface area contributed by atoms with Gasteiger partial charge in [-0.1, -0.05) is 64.8 Å². The smallest absolute Gasteiger partial charge is 0.332 e. The van der Waals surface area contributed by atoms with Crippen LogP contribution in [-0.4, -0.2) is 11.1 Å². The first-order chi connectivity index (χ1) is 13.1. The van der Waals surface area contributed by atoms with Crippen molar-refractivity contribution in [1.29, 1.82) is 0 Å². The highest BCUT2D eigenvalue weighted by atomic mass is 16.4. The van der Waals surface area contributed by atoms with Crippen LogP contribution in [0.4, 0.5) is 0 Å². The predicted octanol–water partition coefficient (Wildman–Crippen LogP) is 7.03. The maximum atomic E-state index is 12.1. The molecule has 1 fully saturated rings. The van der Waals surface area contributed by atoms with E-state index in [1.165, 1.54) is 24.0 Å². The van der Waals surface area contributed by atoms with Crippen molar-refractivity contribution >= 4 is 11.5 Å². The highest BCUT2D eigenvalue weighted by Crippen LogP contribution is 2.47. The van der Waals surface area contributed by atoms with Crippen LogP contribution in [-0.2, 0) is 15.6 Å². The number of aliphatic carboxylic acids is 1. The molecule has 0 unspecified atom stereocenters. The second-order valence-corrected chi connectivity index (χ2v) is 10.1. The van der Waals surface area contributed by atoms with Gasteiger partial charge in [0.25, 0.3) is 0 Å². The second-order valence-electron chi connectivity index (χ2n) is 10.1. The van der Waals surface area contributed by atoms with E-state index in [4.69, 9.17) is 0 Å². The number of fused-ring (bicyclic) bond motifs is 1. The second kappa shape index (κ2) is 7.54. The number of benzene rings is 1. The minimum Gasteiger partial charge on any atom is -0.478 e. The summed E-state index contributed by atoms with van der Waals surface area (Å²) in [5.41, 5.74) is 7.01. The SMILES string of the molecule is CC=C(C(C)=C(C(=O)O)C1CCCC1)c1ccc2c(c1)C(C)(C)CCC2(C)C. The van der Waals surface area contributed by atoms with E-state index < -0.39 is 5.97 Å². The van der Waals surface area contributed by atoms with Crippen LogP contribution in [0.15, 0.2) is 35.4 Å². The van der Waals surface area contributed by atoms with Gasteiger partial charge in [-0.2, -0.15) is 0 Å². The van der Waals surface area contributed by atoms with E-state index in [1.807, 2.05) is 13.8 Å². The fourth-order valence-electron chi connectivity index (χ4n) is 5.36. The molecule has 0 spiro atoms. The third kappa shape index (κ3) is 3.71. The average Bonchev–Trinajstić information content (AvgIpc) is 3.13. The van der Waals surface area contributed by atoms with Crippen LogP contribution in [0.25, 0.3) is 5.57 Å². The van der Waals surface area contributed by atoms with Crippen LogP contribution in [0, 0.1) is 5.92 Å². The number of carboxylic acid groups (broad SMARTS) is 1. The molecular weight excluding hydrogens is 344 g/mol. The molecule has 2 nitrogen and oxygen atoms in total. The van der Waals surface area contributed by atoms with Gasteiger partial charge in [0.2, 0.25) is 0 Å². The molecular formula is C26H36O2. The van der Waals surface area contributed by atoms with Crippen LogP contribution in [0.1, 0.15) is 96.8 Å². The number of carbonyl (C=O) groups is 1. The summed E-state index contributed by atoms with van der Waals surface area (Å²) in [5.74, 6) is -0.552. The summed E-state index contributed by atoms with van der Waals surface area (Å²) in [6, 6.07) is 6.83. The Balaban J connectivity index is 2.11. The Morgan fingerprint density at radius 2 is 1.61 bits per heavy atom. The molecule has 0 saturated heterocycles. The summed E-state index contributed by atoms with van der Waals surface area (Å²) in [5, 5.41) is 9.95. The molecule has 152 valence electrons. The molecule has 0 amide bonds. The van der Waals surface area contributed by atoms with Crippen LogP contribution in [0.2, 0.25) is 0 Å². The van der Waals surface area contributed by atoms with Gasteiger partial charge in [0.15, 0.2) is 0 Å². The lowest BCUT2D eigenvalue weighted by Crippen LogP contribution is -2.33. The van der Waals surface area contributed by atoms with Crippen LogP contribution >= 0.6 is 0 Å². The maximum Gasteiger partial charge on any atom is 0.332 e. The largest absolute Gasteiger partial charge is 0.478 e. The molecule has 0 heterocycles. The first kappa shape index (κ1) is 20.9. The zero-order valence-electron chi connectivity index (χ0n) is 18.5. The van der Waals surface area contributed by atoms with Crippen molar-refractivity contribution in [2.45, 2.75) is 90.9 Å². The maximum absolute atomic E-state index is 12.1. The zero-order valence-corrected chi connectivity index (χ0v) is 18.5. The lowest BCUT2D eigenvalue weighted by molar-refractivity contribution is -0.133. The van der Waals surface area contributed by atoms with E-state index in [9.17, 15) is 9.90 Å². The van der Waals surface area contributed by atoms with E-state index in [0.717, 1.165) is 42.4 Å². The molecule has 2 aliphatic rings. The van der Waals surface area contributed by atoms with Crippen molar-refractivity contribution in [2.24, 2.45) is 5.92 Å². The molecule has 28 heavy (non-hydrogen) atoms. The third-order valence-corrected chi connectivity index (χ3v) is 7.25. The molecule has 2 heteroatoms. The van der Waals surface area contributed by atoms with Crippen molar-refractivity contribution in [3.8, 4) is 0 Å². The lowest BCUT2D eigenvalue weighted by atomic mass is 9.63. The molecule has 1 aromatic rings. The van der Waals surface area contributed by atoms with Gasteiger partial charge in [0, 0.05) is 5.57 Å². The van der Waals surface area contributed by atoms with Gasteiger partial charge in [0.1, 0.15) is 0 Å². The van der Waals surface area contributed by atoms with E-state index in [-0.39, 0.29) is 16.7 Å². The monoisotopic (exact) mass is 380 g/mol. The Morgan fingerprint density at radius 1 is 1.04 bits per heavy atom. The minimum atomic E-state index is -0.747. The molecule has 0 bridgehead atoms. The number of rotatable bonds is 4. The summed E-state index contributed by atoms with van der Waals surface area (Å²) >= 11 is 0. The van der Waals surface area contributed by atoms with Crippen LogP contribution in [0.5, 0.6) is 0 Å². The molecule has 1 saturated carbocycles. The Labute approximate surface area is 170 Å². The average molecular weight is 381 g/mol. The number of allylic oxidation sites excluding steroid dienone is 3. The topological polar surface area (TPSA) is 37.3 Å². The predicted molar refractivity (Wildman–Crippen MR) is 118 cm³/mol. The van der Waals surface area contributed by atoms with Crippen molar-refractivity contribution in [2.75, 3.05) is 0 Å². The van der Waals surface area contributed by atoms with Gasteiger partial charge >= 0.3 is 5.97 Å². The van der Waals surface area contributed by atoms with E-state index in [1.54, 1.807) is 0 Å². The van der Waals surface area contributed by atoms with Gasteiger partial charge < -0.3 is 5.11 Å². The summed E-state index contributed by atoms with van der Waals surface area (Å²) in [6.07, 6.45) is 8.76. The summed E-state index contributed by atoms with van der Waals surface area (Å²) < 4.78 is 0. The summed E-state index contributed by atoms with van der Waals surface area (Å²) in [6.45, 7) is 13.4. The summed E-state index contributed by atoms with van der Waals surface area (Å²) in [7, 11) is 0. The van der Waals surface area contributed by atoms with Crippen LogP contribution < -0.4 is 0 Å². The van der Waals surface area contributed by atoms with Gasteiger partial charge in [-0.15, -0.1) is 0 Å². The standard InChI is InChI=1S/C26H36O2/c1-7-20(17(2)23(24(27)28)18-10-8-9-11-18)19-12-13-21-22(16-19)26(5,6)15-14-25(21,3)4/h7,12-13,16,18H,8-11,14-15H2,1-6H3,(H,27,28). The van der Waals surface area contributed by atoms with Crippen molar-refractivity contribution in [3.63, 3.8) is 0 Å². The number of carboxylic acids is 1. The molecule has 1 N–H and O–H groups in total. The van der Waals surface area contributed by atoms with Crippen LogP contribution in [0.3, 0.4) is 0 Å². The molecule has 0 atom stereocenters. The Hall–Kier alpha value is -1.83. The summed E-state index contributed by atoms with van der Waals surface area (Å²) in [4.78, 5) is 12.1. The molecule has 3 rings (SSSR count).